The third kappa shape index (κ3) is 3.26. The van der Waals surface area contributed by atoms with E-state index in [1.807, 2.05) is 24.3 Å². The van der Waals surface area contributed by atoms with Crippen LogP contribution < -0.4 is 0 Å². The number of azide groups is 1. The lowest BCUT2D eigenvalue weighted by Gasteiger charge is -2.19. The zero-order valence-electron chi connectivity index (χ0n) is 9.88. The molecule has 4 nitrogen and oxygen atoms in total. The van der Waals surface area contributed by atoms with Crippen LogP contribution in [0.4, 0.5) is 0 Å². The first kappa shape index (κ1) is 12.6. The SMILES string of the molecule is CC(C)(C)c1ccc([C@@H](O)CN=[N+]=[N-])cc1. The van der Waals surface area contributed by atoms with Gasteiger partial charge in [-0.15, -0.1) is 0 Å². The van der Waals surface area contributed by atoms with Crippen molar-refractivity contribution in [1.29, 1.82) is 0 Å². The molecule has 0 heterocycles. The first-order chi connectivity index (χ1) is 7.45. The standard InChI is InChI=1S/C12H17N3O/c1-12(2,3)10-6-4-9(5-7-10)11(16)8-14-15-13/h4-7,11,16H,8H2,1-3H3/t11-/m0/s1. The Balaban J connectivity index is 2.82. The number of aliphatic hydroxyl groups is 1. The molecule has 1 rings (SSSR count). The zero-order valence-corrected chi connectivity index (χ0v) is 9.88. The van der Waals surface area contributed by atoms with Gasteiger partial charge in [-0.05, 0) is 22.1 Å². The summed E-state index contributed by atoms with van der Waals surface area (Å²) in [4.78, 5) is 2.62. The first-order valence-corrected chi connectivity index (χ1v) is 5.24. The molecular weight excluding hydrogens is 202 g/mol. The van der Waals surface area contributed by atoms with Gasteiger partial charge in [0.15, 0.2) is 0 Å². The fourth-order valence-electron chi connectivity index (χ4n) is 1.42. The zero-order chi connectivity index (χ0) is 12.2. The number of nitrogens with zero attached hydrogens (tertiary/aromatic N) is 3. The summed E-state index contributed by atoms with van der Waals surface area (Å²) in [7, 11) is 0. The third-order valence-electron chi connectivity index (χ3n) is 2.48. The molecule has 1 N–H and O–H groups in total. The minimum atomic E-state index is -0.718. The Labute approximate surface area is 95.5 Å². The van der Waals surface area contributed by atoms with Crippen molar-refractivity contribution in [3.05, 3.63) is 45.8 Å². The molecule has 0 fully saturated rings. The predicted molar refractivity (Wildman–Crippen MR) is 64.1 cm³/mol. The van der Waals surface area contributed by atoms with Gasteiger partial charge in [0, 0.05) is 4.91 Å². The van der Waals surface area contributed by atoms with E-state index in [1.165, 1.54) is 5.56 Å². The van der Waals surface area contributed by atoms with Crippen LogP contribution in [-0.4, -0.2) is 11.7 Å². The van der Waals surface area contributed by atoms with Crippen LogP contribution in [0.1, 0.15) is 38.0 Å². The van der Waals surface area contributed by atoms with E-state index in [9.17, 15) is 5.11 Å². The van der Waals surface area contributed by atoms with Gasteiger partial charge >= 0.3 is 0 Å². The van der Waals surface area contributed by atoms with E-state index in [2.05, 4.69) is 30.8 Å². The maximum absolute atomic E-state index is 9.68. The van der Waals surface area contributed by atoms with E-state index in [4.69, 9.17) is 5.53 Å². The molecule has 0 aliphatic carbocycles. The number of aliphatic hydroxyl groups excluding tert-OH is 1. The monoisotopic (exact) mass is 219 g/mol. The quantitative estimate of drug-likeness (QED) is 0.473. The second-order valence-corrected chi connectivity index (χ2v) is 4.80. The van der Waals surface area contributed by atoms with Crippen molar-refractivity contribution < 1.29 is 5.11 Å². The first-order valence-electron chi connectivity index (χ1n) is 5.24. The maximum Gasteiger partial charge on any atom is 0.0846 e. The Morgan fingerprint density at radius 1 is 1.31 bits per heavy atom. The Morgan fingerprint density at radius 2 is 1.88 bits per heavy atom. The minimum absolute atomic E-state index is 0.0748. The summed E-state index contributed by atoms with van der Waals surface area (Å²) in [5.41, 5.74) is 10.3. The lowest BCUT2D eigenvalue weighted by molar-refractivity contribution is 0.186. The summed E-state index contributed by atoms with van der Waals surface area (Å²) in [6.07, 6.45) is -0.718. The molecular formula is C12H17N3O. The van der Waals surface area contributed by atoms with Crippen molar-refractivity contribution in [1.82, 2.24) is 0 Å². The molecule has 0 unspecified atom stereocenters. The topological polar surface area (TPSA) is 69.0 Å². The van der Waals surface area contributed by atoms with Gasteiger partial charge in [0.25, 0.3) is 0 Å². The molecule has 86 valence electrons. The van der Waals surface area contributed by atoms with Crippen LogP contribution in [0, 0.1) is 0 Å². The van der Waals surface area contributed by atoms with E-state index in [0.29, 0.717) is 0 Å². The van der Waals surface area contributed by atoms with Crippen LogP contribution in [0.3, 0.4) is 0 Å². The van der Waals surface area contributed by atoms with Crippen LogP contribution in [0.5, 0.6) is 0 Å². The number of hydrogen-bond acceptors (Lipinski definition) is 2. The van der Waals surface area contributed by atoms with E-state index < -0.39 is 6.10 Å². The van der Waals surface area contributed by atoms with Gasteiger partial charge in [-0.3, -0.25) is 0 Å². The highest BCUT2D eigenvalue weighted by atomic mass is 16.3. The largest absolute Gasteiger partial charge is 0.388 e. The molecule has 0 bridgehead atoms. The molecule has 0 saturated heterocycles. The van der Waals surface area contributed by atoms with E-state index in [-0.39, 0.29) is 12.0 Å². The highest BCUT2D eigenvalue weighted by Crippen LogP contribution is 2.23. The average Bonchev–Trinajstić information content (AvgIpc) is 2.25. The van der Waals surface area contributed by atoms with E-state index in [0.717, 1.165) is 5.56 Å². The summed E-state index contributed by atoms with van der Waals surface area (Å²) in [6.45, 7) is 6.49. The van der Waals surface area contributed by atoms with Crippen LogP contribution in [0.2, 0.25) is 0 Å². The fraction of sp³-hybridized carbons (Fsp3) is 0.500. The van der Waals surface area contributed by atoms with Crippen LogP contribution >= 0.6 is 0 Å². The Kier molecular flexibility index (Phi) is 3.93. The molecule has 0 aliphatic heterocycles. The van der Waals surface area contributed by atoms with Crippen LogP contribution in [0.15, 0.2) is 29.4 Å². The van der Waals surface area contributed by atoms with Crippen molar-refractivity contribution in [2.45, 2.75) is 32.3 Å². The van der Waals surface area contributed by atoms with Crippen molar-refractivity contribution in [3.8, 4) is 0 Å². The maximum atomic E-state index is 9.68. The number of hydrogen-bond donors (Lipinski definition) is 1. The molecule has 0 amide bonds. The highest BCUT2D eigenvalue weighted by molar-refractivity contribution is 5.28. The average molecular weight is 219 g/mol. The van der Waals surface area contributed by atoms with Gasteiger partial charge in [0.05, 0.1) is 12.6 Å². The highest BCUT2D eigenvalue weighted by Gasteiger charge is 2.14. The molecule has 16 heavy (non-hydrogen) atoms. The summed E-state index contributed by atoms with van der Waals surface area (Å²) >= 11 is 0. The molecule has 1 atom stereocenters. The van der Waals surface area contributed by atoms with Gasteiger partial charge in [-0.1, -0.05) is 50.2 Å². The lowest BCUT2D eigenvalue weighted by Crippen LogP contribution is -2.11. The molecule has 0 saturated carbocycles. The number of rotatable bonds is 3. The van der Waals surface area contributed by atoms with Crippen molar-refractivity contribution in [2.24, 2.45) is 5.11 Å². The summed E-state index contributed by atoms with van der Waals surface area (Å²) in [5, 5.41) is 13.0. The Bertz CT molecular complexity index is 386. The van der Waals surface area contributed by atoms with Crippen LogP contribution in [0.25, 0.3) is 10.4 Å². The van der Waals surface area contributed by atoms with Gasteiger partial charge in [0.2, 0.25) is 0 Å². The normalized spacial score (nSPS) is 13.0. The van der Waals surface area contributed by atoms with Crippen LogP contribution in [-0.2, 0) is 5.41 Å². The van der Waals surface area contributed by atoms with E-state index in [1.54, 1.807) is 0 Å². The van der Waals surface area contributed by atoms with Crippen molar-refractivity contribution >= 4 is 0 Å². The van der Waals surface area contributed by atoms with Crippen molar-refractivity contribution in [2.75, 3.05) is 6.54 Å². The molecule has 0 radical (unpaired) electrons. The summed E-state index contributed by atoms with van der Waals surface area (Å²) < 4.78 is 0. The van der Waals surface area contributed by atoms with Gasteiger partial charge < -0.3 is 5.11 Å². The van der Waals surface area contributed by atoms with Gasteiger partial charge in [-0.25, -0.2) is 0 Å². The predicted octanol–water partition coefficient (Wildman–Crippen LogP) is 3.33. The van der Waals surface area contributed by atoms with Gasteiger partial charge in [0.1, 0.15) is 0 Å². The minimum Gasteiger partial charge on any atom is -0.388 e. The Hall–Kier alpha value is -1.51. The summed E-state index contributed by atoms with van der Waals surface area (Å²) in [6, 6.07) is 7.74. The third-order valence-corrected chi connectivity index (χ3v) is 2.48. The number of benzene rings is 1. The second-order valence-electron chi connectivity index (χ2n) is 4.80. The van der Waals surface area contributed by atoms with Crippen molar-refractivity contribution in [3.63, 3.8) is 0 Å². The van der Waals surface area contributed by atoms with Gasteiger partial charge in [-0.2, -0.15) is 0 Å². The van der Waals surface area contributed by atoms with E-state index >= 15 is 0 Å². The lowest BCUT2D eigenvalue weighted by atomic mass is 9.86. The molecule has 1 aromatic carbocycles. The molecule has 0 aromatic heterocycles. The summed E-state index contributed by atoms with van der Waals surface area (Å²) in [5.74, 6) is 0. The Morgan fingerprint density at radius 3 is 2.31 bits per heavy atom. The second kappa shape index (κ2) is 5.01. The fourth-order valence-corrected chi connectivity index (χ4v) is 1.42. The molecule has 0 aliphatic rings. The molecule has 4 heteroatoms. The molecule has 1 aromatic rings. The molecule has 0 spiro atoms. The smallest absolute Gasteiger partial charge is 0.0846 e.